The third-order valence-corrected chi connectivity index (χ3v) is 13.5. The highest BCUT2D eigenvalue weighted by Crippen LogP contribution is 2.10. The van der Waals surface area contributed by atoms with Crippen molar-refractivity contribution in [2.45, 2.75) is 0 Å². The maximum atomic E-state index is 6.00. The summed E-state index contributed by atoms with van der Waals surface area (Å²) in [5.74, 6) is 0. The molecular formula is C30H25NSi2. The molecule has 0 radical (unpaired) electrons. The largest absolute Gasteiger partial charge is 0.344 e. The van der Waals surface area contributed by atoms with E-state index < -0.39 is 16.8 Å². The first-order valence-corrected chi connectivity index (χ1v) is 14.6. The second kappa shape index (κ2) is 9.86. The molecule has 0 N–H and O–H groups in total. The Hall–Kier alpha value is -3.67. The van der Waals surface area contributed by atoms with Crippen LogP contribution < -0.4 is 25.9 Å². The Kier molecular flexibility index (Phi) is 6.33. The number of rotatable bonds is 6. The summed E-state index contributed by atoms with van der Waals surface area (Å²) in [5.41, 5.74) is 0. The molecule has 33 heavy (non-hydrogen) atoms. The molecule has 158 valence electrons. The number of hydrogen-bond donors (Lipinski definition) is 0. The Labute approximate surface area is 198 Å². The molecule has 0 amide bonds. The fourth-order valence-corrected chi connectivity index (χ4v) is 12.7. The molecule has 0 atom stereocenters. The lowest BCUT2D eigenvalue weighted by Gasteiger charge is -2.31. The molecule has 5 aromatic carbocycles. The van der Waals surface area contributed by atoms with Gasteiger partial charge in [0.2, 0.25) is 0 Å². The van der Waals surface area contributed by atoms with Gasteiger partial charge in [0.05, 0.1) is 0 Å². The Morgan fingerprint density at radius 3 is 0.939 bits per heavy atom. The highest BCUT2D eigenvalue weighted by molar-refractivity contribution is 7.12. The van der Waals surface area contributed by atoms with Gasteiger partial charge in [-0.05, 0) is 25.9 Å². The summed E-state index contributed by atoms with van der Waals surface area (Å²) in [7, 11) is -4.09. The topological polar surface area (TPSA) is 12.4 Å². The van der Waals surface area contributed by atoms with E-state index in [4.69, 9.17) is 4.30 Å². The molecule has 5 rings (SSSR count). The van der Waals surface area contributed by atoms with E-state index in [9.17, 15) is 0 Å². The fraction of sp³-hybridized carbons (Fsp3) is 0. The molecule has 1 nitrogen and oxygen atoms in total. The standard InChI is InChI=1S/C30H25NSi2/c1-6-16-26(17-7-1)32(27-18-8-2-9-19-27)31-33(28-20-10-3-11-21-28,29-22-12-4-13-23-29)30-24-14-5-15-25-30/h1-25H. The van der Waals surface area contributed by atoms with Crippen LogP contribution in [-0.4, -0.2) is 16.8 Å². The number of benzene rings is 5. The Balaban J connectivity index is 1.90. The van der Waals surface area contributed by atoms with Crippen molar-refractivity contribution in [2.24, 2.45) is 4.30 Å². The molecule has 0 spiro atoms. The van der Waals surface area contributed by atoms with Crippen molar-refractivity contribution < 1.29 is 0 Å². The highest BCUT2D eigenvalue weighted by atomic mass is 28.4. The maximum Gasteiger partial charge on any atom is 0.262 e. The van der Waals surface area contributed by atoms with Crippen LogP contribution in [0.5, 0.6) is 0 Å². The smallest absolute Gasteiger partial charge is 0.262 e. The summed E-state index contributed by atoms with van der Waals surface area (Å²) < 4.78 is 6.00. The molecular weight excluding hydrogens is 431 g/mol. The molecule has 0 saturated carbocycles. The molecule has 0 aliphatic rings. The van der Waals surface area contributed by atoms with E-state index in [1.54, 1.807) is 0 Å². The molecule has 5 aromatic rings. The molecule has 0 bridgehead atoms. The molecule has 0 unspecified atom stereocenters. The third-order valence-electron chi connectivity index (χ3n) is 5.95. The van der Waals surface area contributed by atoms with Crippen LogP contribution in [0.2, 0.25) is 0 Å². The predicted octanol–water partition coefficient (Wildman–Crippen LogP) is 3.73. The lowest BCUT2D eigenvalue weighted by Crippen LogP contribution is -2.67. The van der Waals surface area contributed by atoms with Crippen LogP contribution in [-0.2, 0) is 0 Å². The zero-order valence-corrected chi connectivity index (χ0v) is 20.4. The summed E-state index contributed by atoms with van der Waals surface area (Å²) in [6.07, 6.45) is 0. The Bertz CT molecular complexity index is 1180. The lowest BCUT2D eigenvalue weighted by atomic mass is 10.3. The van der Waals surface area contributed by atoms with Crippen molar-refractivity contribution in [3.63, 3.8) is 0 Å². The van der Waals surface area contributed by atoms with Gasteiger partial charge in [-0.3, -0.25) is 0 Å². The van der Waals surface area contributed by atoms with Crippen molar-refractivity contribution >= 4 is 42.8 Å². The third kappa shape index (κ3) is 4.33. The van der Waals surface area contributed by atoms with Crippen molar-refractivity contribution in [3.8, 4) is 0 Å². The van der Waals surface area contributed by atoms with Gasteiger partial charge in [-0.25, -0.2) is 0 Å². The molecule has 0 aromatic heterocycles. The zero-order valence-electron chi connectivity index (χ0n) is 18.4. The summed E-state index contributed by atoms with van der Waals surface area (Å²) in [6, 6.07) is 54.5. The van der Waals surface area contributed by atoms with Crippen molar-refractivity contribution in [1.82, 2.24) is 0 Å². The molecule has 0 aliphatic carbocycles. The highest BCUT2D eigenvalue weighted by Gasteiger charge is 2.40. The average molecular weight is 456 g/mol. The van der Waals surface area contributed by atoms with E-state index in [1.165, 1.54) is 25.9 Å². The average Bonchev–Trinajstić information content (AvgIpc) is 2.92. The van der Waals surface area contributed by atoms with Gasteiger partial charge in [-0.15, -0.1) is 0 Å². The number of nitrogens with zero attached hydrogens (tertiary/aromatic N) is 1. The Morgan fingerprint density at radius 2 is 0.636 bits per heavy atom. The van der Waals surface area contributed by atoms with Crippen LogP contribution >= 0.6 is 0 Å². The first-order valence-electron chi connectivity index (χ1n) is 11.3. The fourth-order valence-electron chi connectivity index (χ4n) is 4.39. The predicted molar refractivity (Wildman–Crippen MR) is 144 cm³/mol. The van der Waals surface area contributed by atoms with E-state index in [2.05, 4.69) is 152 Å². The van der Waals surface area contributed by atoms with E-state index in [-0.39, 0.29) is 0 Å². The monoisotopic (exact) mass is 455 g/mol. The maximum absolute atomic E-state index is 6.00. The van der Waals surface area contributed by atoms with Crippen LogP contribution in [0, 0.1) is 0 Å². The molecule has 0 saturated heterocycles. The molecule has 0 fully saturated rings. The van der Waals surface area contributed by atoms with Gasteiger partial charge >= 0.3 is 0 Å². The zero-order chi connectivity index (χ0) is 22.3. The van der Waals surface area contributed by atoms with Crippen molar-refractivity contribution in [1.29, 1.82) is 0 Å². The van der Waals surface area contributed by atoms with Crippen molar-refractivity contribution in [3.05, 3.63) is 152 Å². The van der Waals surface area contributed by atoms with Crippen LogP contribution in [0.4, 0.5) is 0 Å². The summed E-state index contributed by atoms with van der Waals surface area (Å²) >= 11 is 0. The van der Waals surface area contributed by atoms with Gasteiger partial charge in [-0.2, -0.15) is 0 Å². The number of hydrogen-bond acceptors (Lipinski definition) is 1. The van der Waals surface area contributed by atoms with Gasteiger partial charge in [0.15, 0.2) is 8.59 Å². The first-order chi connectivity index (χ1) is 16.4. The van der Waals surface area contributed by atoms with Gasteiger partial charge < -0.3 is 4.30 Å². The van der Waals surface area contributed by atoms with Crippen molar-refractivity contribution in [2.75, 3.05) is 0 Å². The SMILES string of the molecule is c1ccc([Si](=N[Si](c2ccccc2)(c2ccccc2)c2ccccc2)c2ccccc2)cc1. The quantitative estimate of drug-likeness (QED) is 0.273. The van der Waals surface area contributed by atoms with Gasteiger partial charge in [0.25, 0.3) is 8.24 Å². The van der Waals surface area contributed by atoms with Gasteiger partial charge in [0.1, 0.15) is 0 Å². The summed E-state index contributed by atoms with van der Waals surface area (Å²) in [6.45, 7) is 0. The van der Waals surface area contributed by atoms with Crippen LogP contribution in [0.15, 0.2) is 156 Å². The van der Waals surface area contributed by atoms with E-state index in [0.717, 1.165) is 0 Å². The second-order valence-electron chi connectivity index (χ2n) is 8.00. The minimum absolute atomic E-state index is 1.31. The molecule has 0 aliphatic heterocycles. The summed E-state index contributed by atoms with van der Waals surface area (Å²) in [5, 5.41) is 6.58. The Morgan fingerprint density at radius 1 is 0.364 bits per heavy atom. The van der Waals surface area contributed by atoms with Gasteiger partial charge in [-0.1, -0.05) is 152 Å². The molecule has 3 heteroatoms. The van der Waals surface area contributed by atoms with Crippen LogP contribution in [0.1, 0.15) is 0 Å². The van der Waals surface area contributed by atoms with Crippen LogP contribution in [0.25, 0.3) is 0 Å². The second-order valence-corrected chi connectivity index (χ2v) is 13.9. The first kappa shape index (κ1) is 21.2. The van der Waals surface area contributed by atoms with Gasteiger partial charge in [0, 0.05) is 0 Å². The lowest BCUT2D eigenvalue weighted by molar-refractivity contribution is 1.61. The van der Waals surface area contributed by atoms with E-state index in [0.29, 0.717) is 0 Å². The van der Waals surface area contributed by atoms with Crippen LogP contribution in [0.3, 0.4) is 0 Å². The summed E-state index contributed by atoms with van der Waals surface area (Å²) in [4.78, 5) is 0. The minimum Gasteiger partial charge on any atom is -0.344 e. The minimum atomic E-state index is -2.68. The molecule has 0 heterocycles. The van der Waals surface area contributed by atoms with E-state index in [1.807, 2.05) is 0 Å². The van der Waals surface area contributed by atoms with E-state index >= 15 is 0 Å². The normalized spacial score (nSPS) is 11.0.